The summed E-state index contributed by atoms with van der Waals surface area (Å²) >= 11 is 0. The quantitative estimate of drug-likeness (QED) is 0.458. The summed E-state index contributed by atoms with van der Waals surface area (Å²) in [6, 6.07) is 20.5. The van der Waals surface area contributed by atoms with Crippen molar-refractivity contribution < 1.29 is 13.2 Å². The molecule has 3 aromatic carbocycles. The predicted octanol–water partition coefficient (Wildman–Crippen LogP) is 4.77. The highest BCUT2D eigenvalue weighted by Gasteiger charge is 2.26. The standard InChI is InChI=1S/C26H22N2O3S/c1-17-12-19-15-28(16-20(19)14-27-17)26(29)25-11-10-22(23-8-3-4-9-24(23)25)18-6-5-7-21(13-18)32(2,30)31/h3-14H,15-16H2,1-2H3. The number of carbonyl (C=O) groups excluding carboxylic acids is 1. The highest BCUT2D eigenvalue weighted by molar-refractivity contribution is 7.90. The molecule has 160 valence electrons. The Morgan fingerprint density at radius 1 is 0.906 bits per heavy atom. The number of amides is 1. The third-order valence-electron chi connectivity index (χ3n) is 5.96. The Hall–Kier alpha value is -3.51. The van der Waals surface area contributed by atoms with Gasteiger partial charge in [0.1, 0.15) is 0 Å². The van der Waals surface area contributed by atoms with Crippen LogP contribution in [0.3, 0.4) is 0 Å². The molecule has 0 aliphatic carbocycles. The Bertz CT molecular complexity index is 1490. The summed E-state index contributed by atoms with van der Waals surface area (Å²) in [4.78, 5) is 20.0. The van der Waals surface area contributed by atoms with E-state index >= 15 is 0 Å². The predicted molar refractivity (Wildman–Crippen MR) is 125 cm³/mol. The Balaban J connectivity index is 1.57. The molecule has 5 nitrogen and oxygen atoms in total. The first-order valence-corrected chi connectivity index (χ1v) is 12.3. The Morgan fingerprint density at radius 2 is 1.66 bits per heavy atom. The van der Waals surface area contributed by atoms with Crippen LogP contribution in [0.4, 0.5) is 0 Å². The maximum atomic E-state index is 13.5. The number of sulfone groups is 1. The highest BCUT2D eigenvalue weighted by Crippen LogP contribution is 2.33. The van der Waals surface area contributed by atoms with Crippen LogP contribution < -0.4 is 0 Å². The van der Waals surface area contributed by atoms with Crippen LogP contribution in [0.2, 0.25) is 0 Å². The first kappa shape index (κ1) is 20.4. The van der Waals surface area contributed by atoms with Gasteiger partial charge in [-0.05, 0) is 64.2 Å². The third-order valence-corrected chi connectivity index (χ3v) is 7.07. The van der Waals surface area contributed by atoms with Crippen molar-refractivity contribution in [3.63, 3.8) is 0 Å². The zero-order chi connectivity index (χ0) is 22.5. The average Bonchev–Trinajstić information content (AvgIpc) is 3.20. The lowest BCUT2D eigenvalue weighted by atomic mass is 9.94. The van der Waals surface area contributed by atoms with Crippen LogP contribution >= 0.6 is 0 Å². The molecule has 2 heterocycles. The van der Waals surface area contributed by atoms with Gasteiger partial charge in [0.2, 0.25) is 0 Å². The van der Waals surface area contributed by atoms with Crippen molar-refractivity contribution in [3.05, 3.63) is 95.3 Å². The molecule has 0 bridgehead atoms. The first-order chi connectivity index (χ1) is 15.3. The van der Waals surface area contributed by atoms with Crippen LogP contribution in [0.25, 0.3) is 21.9 Å². The van der Waals surface area contributed by atoms with Gasteiger partial charge in [0, 0.05) is 36.8 Å². The molecule has 0 spiro atoms. The summed E-state index contributed by atoms with van der Waals surface area (Å²) in [6.07, 6.45) is 3.06. The van der Waals surface area contributed by atoms with Crippen molar-refractivity contribution in [2.75, 3.05) is 6.26 Å². The van der Waals surface area contributed by atoms with E-state index in [-0.39, 0.29) is 10.8 Å². The van der Waals surface area contributed by atoms with Gasteiger partial charge in [0.05, 0.1) is 4.90 Å². The van der Waals surface area contributed by atoms with Crippen LogP contribution in [0.15, 0.2) is 77.8 Å². The number of aryl methyl sites for hydroxylation is 1. The molecule has 5 rings (SSSR count). The number of hydrogen-bond donors (Lipinski definition) is 0. The summed E-state index contributed by atoms with van der Waals surface area (Å²) in [6.45, 7) is 3.08. The molecule has 1 aromatic heterocycles. The van der Waals surface area contributed by atoms with Gasteiger partial charge in [-0.1, -0.05) is 42.5 Å². The molecule has 0 saturated heterocycles. The minimum atomic E-state index is -3.31. The van der Waals surface area contributed by atoms with E-state index in [1.165, 1.54) is 6.26 Å². The van der Waals surface area contributed by atoms with E-state index in [0.29, 0.717) is 18.7 Å². The molecule has 0 fully saturated rings. The maximum absolute atomic E-state index is 13.5. The van der Waals surface area contributed by atoms with Crippen LogP contribution in [0.5, 0.6) is 0 Å². The molecule has 0 radical (unpaired) electrons. The van der Waals surface area contributed by atoms with Gasteiger partial charge in [0.15, 0.2) is 9.84 Å². The van der Waals surface area contributed by atoms with Gasteiger partial charge in [-0.25, -0.2) is 8.42 Å². The molecule has 1 aliphatic heterocycles. The fraction of sp³-hybridized carbons (Fsp3) is 0.154. The van der Waals surface area contributed by atoms with Gasteiger partial charge in [-0.2, -0.15) is 0 Å². The van der Waals surface area contributed by atoms with Crippen LogP contribution in [-0.2, 0) is 22.9 Å². The molecule has 0 unspecified atom stereocenters. The third kappa shape index (κ3) is 3.56. The number of nitrogens with zero attached hydrogens (tertiary/aromatic N) is 2. The van der Waals surface area contributed by atoms with Crippen LogP contribution in [0, 0.1) is 6.92 Å². The topological polar surface area (TPSA) is 67.3 Å². The van der Waals surface area contributed by atoms with Crippen molar-refractivity contribution >= 4 is 26.5 Å². The number of aromatic nitrogens is 1. The molecule has 0 atom stereocenters. The zero-order valence-electron chi connectivity index (χ0n) is 17.9. The molecule has 1 aliphatic rings. The normalized spacial score (nSPS) is 13.4. The van der Waals surface area contributed by atoms with Gasteiger partial charge in [-0.15, -0.1) is 0 Å². The molecule has 0 saturated carbocycles. The van der Waals surface area contributed by atoms with Gasteiger partial charge in [-0.3, -0.25) is 9.78 Å². The molecule has 4 aromatic rings. The Kier molecular flexibility index (Phi) is 4.82. The first-order valence-electron chi connectivity index (χ1n) is 10.4. The molecular weight excluding hydrogens is 420 g/mol. The lowest BCUT2D eigenvalue weighted by Crippen LogP contribution is -2.25. The molecule has 6 heteroatoms. The van der Waals surface area contributed by atoms with Crippen LogP contribution in [-0.4, -0.2) is 30.5 Å². The number of hydrogen-bond acceptors (Lipinski definition) is 4. The number of pyridine rings is 1. The second-order valence-corrected chi connectivity index (χ2v) is 10.3. The summed E-state index contributed by atoms with van der Waals surface area (Å²) in [5.41, 5.74) is 5.52. The van der Waals surface area contributed by atoms with E-state index in [4.69, 9.17) is 0 Å². The van der Waals surface area contributed by atoms with Crippen molar-refractivity contribution in [3.8, 4) is 11.1 Å². The number of rotatable bonds is 3. The summed E-state index contributed by atoms with van der Waals surface area (Å²) in [5.74, 6) is -0.0218. The number of carbonyl (C=O) groups is 1. The summed E-state index contributed by atoms with van der Waals surface area (Å²) in [5, 5.41) is 1.77. The van der Waals surface area contributed by atoms with Gasteiger partial charge in [0.25, 0.3) is 5.91 Å². The number of benzene rings is 3. The average molecular weight is 443 g/mol. The minimum absolute atomic E-state index is 0.0218. The smallest absolute Gasteiger partial charge is 0.255 e. The molecular formula is C26H22N2O3S. The van der Waals surface area contributed by atoms with Crippen molar-refractivity contribution in [1.82, 2.24) is 9.88 Å². The van der Waals surface area contributed by atoms with E-state index in [1.54, 1.807) is 18.2 Å². The van der Waals surface area contributed by atoms with Crippen molar-refractivity contribution in [2.45, 2.75) is 24.9 Å². The maximum Gasteiger partial charge on any atom is 0.255 e. The van der Waals surface area contributed by atoms with E-state index < -0.39 is 9.84 Å². The largest absolute Gasteiger partial charge is 0.330 e. The molecule has 1 amide bonds. The number of fused-ring (bicyclic) bond motifs is 2. The van der Waals surface area contributed by atoms with E-state index in [1.807, 2.05) is 66.6 Å². The second kappa shape index (κ2) is 7.57. The second-order valence-electron chi connectivity index (χ2n) is 8.26. The zero-order valence-corrected chi connectivity index (χ0v) is 18.7. The minimum Gasteiger partial charge on any atom is -0.330 e. The highest BCUT2D eigenvalue weighted by atomic mass is 32.2. The van der Waals surface area contributed by atoms with Crippen molar-refractivity contribution in [1.29, 1.82) is 0 Å². The fourth-order valence-electron chi connectivity index (χ4n) is 4.35. The Morgan fingerprint density at radius 3 is 2.44 bits per heavy atom. The molecule has 0 N–H and O–H groups in total. The lowest BCUT2D eigenvalue weighted by Gasteiger charge is -2.18. The van der Waals surface area contributed by atoms with E-state index in [0.717, 1.165) is 38.7 Å². The monoisotopic (exact) mass is 442 g/mol. The van der Waals surface area contributed by atoms with Gasteiger partial charge < -0.3 is 4.90 Å². The fourth-order valence-corrected chi connectivity index (χ4v) is 5.01. The Labute approximate surface area is 187 Å². The SMILES string of the molecule is Cc1cc2c(cn1)CN(C(=O)c1ccc(-c3cccc(S(C)(=O)=O)c3)c3ccccc13)C2. The van der Waals surface area contributed by atoms with E-state index in [9.17, 15) is 13.2 Å². The van der Waals surface area contributed by atoms with E-state index in [2.05, 4.69) is 4.98 Å². The summed E-state index contributed by atoms with van der Waals surface area (Å²) in [7, 11) is -3.31. The van der Waals surface area contributed by atoms with Crippen molar-refractivity contribution in [2.24, 2.45) is 0 Å². The summed E-state index contributed by atoms with van der Waals surface area (Å²) < 4.78 is 24.1. The molecule has 32 heavy (non-hydrogen) atoms. The lowest BCUT2D eigenvalue weighted by molar-refractivity contribution is 0.0753. The van der Waals surface area contributed by atoms with Crippen LogP contribution in [0.1, 0.15) is 27.2 Å². The van der Waals surface area contributed by atoms with Gasteiger partial charge >= 0.3 is 0 Å².